The molecule has 0 spiro atoms. The second-order valence-electron chi connectivity index (χ2n) is 8.44. The Morgan fingerprint density at radius 2 is 1.76 bits per heavy atom. The molecule has 7 nitrogen and oxygen atoms in total. The maximum Gasteiger partial charge on any atom is 0.276 e. The molecule has 0 aliphatic carbocycles. The summed E-state index contributed by atoms with van der Waals surface area (Å²) in [6.07, 6.45) is 7.94. The molecule has 4 heterocycles. The molecular weight excluding hydrogens is 368 g/mol. The van der Waals surface area contributed by atoms with Crippen molar-refractivity contribution < 1.29 is 14.3 Å². The minimum absolute atomic E-state index is 0.0540. The lowest BCUT2D eigenvalue weighted by Gasteiger charge is -2.42. The highest BCUT2D eigenvalue weighted by atomic mass is 16.5. The van der Waals surface area contributed by atoms with E-state index in [4.69, 9.17) is 4.74 Å². The van der Waals surface area contributed by atoms with Crippen LogP contribution in [0.2, 0.25) is 0 Å². The van der Waals surface area contributed by atoms with Crippen molar-refractivity contribution in [3.05, 3.63) is 24.0 Å². The highest BCUT2D eigenvalue weighted by Gasteiger charge is 2.35. The monoisotopic (exact) mass is 400 g/mol. The molecule has 7 heteroatoms. The van der Waals surface area contributed by atoms with Crippen molar-refractivity contribution in [1.82, 2.24) is 19.7 Å². The summed E-state index contributed by atoms with van der Waals surface area (Å²) in [5.74, 6) is 0.988. The van der Waals surface area contributed by atoms with Crippen LogP contribution in [0.5, 0.6) is 5.75 Å². The third kappa shape index (κ3) is 4.39. The largest absolute Gasteiger partial charge is 0.494 e. The Morgan fingerprint density at radius 1 is 1.00 bits per heavy atom. The van der Waals surface area contributed by atoms with Crippen LogP contribution in [0, 0.1) is 5.92 Å². The summed E-state index contributed by atoms with van der Waals surface area (Å²) in [7, 11) is 1.57. The van der Waals surface area contributed by atoms with Crippen molar-refractivity contribution in [2.75, 3.05) is 46.4 Å². The Hall–Kier alpha value is -2.15. The molecule has 1 aromatic heterocycles. The molecule has 158 valence electrons. The number of piperidine rings is 2. The van der Waals surface area contributed by atoms with Gasteiger partial charge in [-0.2, -0.15) is 0 Å². The van der Waals surface area contributed by atoms with Crippen LogP contribution in [0.15, 0.2) is 18.3 Å². The second kappa shape index (κ2) is 9.11. The fourth-order valence-corrected chi connectivity index (χ4v) is 5.04. The van der Waals surface area contributed by atoms with Crippen LogP contribution in [-0.2, 0) is 4.79 Å². The number of hydrogen-bond acceptors (Lipinski definition) is 5. The predicted octanol–water partition coefficient (Wildman–Crippen LogP) is 2.03. The second-order valence-corrected chi connectivity index (χ2v) is 8.44. The van der Waals surface area contributed by atoms with Crippen LogP contribution in [0.25, 0.3) is 0 Å². The number of rotatable bonds is 4. The van der Waals surface area contributed by atoms with Crippen molar-refractivity contribution >= 4 is 11.8 Å². The van der Waals surface area contributed by atoms with Crippen LogP contribution in [0.3, 0.4) is 0 Å². The lowest BCUT2D eigenvalue weighted by atomic mass is 9.93. The van der Waals surface area contributed by atoms with Gasteiger partial charge in [-0.3, -0.25) is 14.5 Å². The SMILES string of the molecule is COc1cccnc1C(=O)N1CCC(N2CCC[C@H](C(=O)N3CCCC3)C2)CC1. The summed E-state index contributed by atoms with van der Waals surface area (Å²) >= 11 is 0. The van der Waals surface area contributed by atoms with E-state index in [1.165, 1.54) is 0 Å². The van der Waals surface area contributed by atoms with Gasteiger partial charge in [0.2, 0.25) is 5.91 Å². The van der Waals surface area contributed by atoms with Crippen LogP contribution in [-0.4, -0.2) is 83.9 Å². The zero-order valence-electron chi connectivity index (χ0n) is 17.4. The van der Waals surface area contributed by atoms with Gasteiger partial charge in [0.25, 0.3) is 5.91 Å². The van der Waals surface area contributed by atoms with Gasteiger partial charge in [0, 0.05) is 45.0 Å². The van der Waals surface area contributed by atoms with Crippen molar-refractivity contribution in [2.24, 2.45) is 5.92 Å². The van der Waals surface area contributed by atoms with E-state index in [1.807, 2.05) is 4.90 Å². The van der Waals surface area contributed by atoms with E-state index in [0.717, 1.165) is 77.8 Å². The number of carbonyl (C=O) groups excluding carboxylic acids is 2. The third-order valence-corrected chi connectivity index (χ3v) is 6.68. The molecule has 3 fully saturated rings. The lowest BCUT2D eigenvalue weighted by Crippen LogP contribution is -2.51. The zero-order chi connectivity index (χ0) is 20.2. The average Bonchev–Trinajstić information content (AvgIpc) is 3.33. The Morgan fingerprint density at radius 3 is 2.48 bits per heavy atom. The highest BCUT2D eigenvalue weighted by Crippen LogP contribution is 2.27. The van der Waals surface area contributed by atoms with Crippen molar-refractivity contribution in [2.45, 2.75) is 44.6 Å². The number of hydrogen-bond donors (Lipinski definition) is 0. The normalized spacial score (nSPS) is 24.0. The Bertz CT molecular complexity index is 727. The summed E-state index contributed by atoms with van der Waals surface area (Å²) < 4.78 is 5.30. The minimum Gasteiger partial charge on any atom is -0.494 e. The molecule has 3 aliphatic heterocycles. The van der Waals surface area contributed by atoms with Gasteiger partial charge in [-0.05, 0) is 57.2 Å². The molecular formula is C22H32N4O3. The fraction of sp³-hybridized carbons (Fsp3) is 0.682. The van der Waals surface area contributed by atoms with Gasteiger partial charge in [-0.25, -0.2) is 4.98 Å². The van der Waals surface area contributed by atoms with Crippen molar-refractivity contribution in [3.63, 3.8) is 0 Å². The van der Waals surface area contributed by atoms with Gasteiger partial charge in [-0.1, -0.05) is 0 Å². The van der Waals surface area contributed by atoms with Crippen LogP contribution < -0.4 is 4.74 Å². The van der Waals surface area contributed by atoms with E-state index in [9.17, 15) is 9.59 Å². The molecule has 2 amide bonds. The molecule has 0 saturated carbocycles. The molecule has 3 saturated heterocycles. The predicted molar refractivity (Wildman–Crippen MR) is 110 cm³/mol. The van der Waals surface area contributed by atoms with Gasteiger partial charge in [0.05, 0.1) is 13.0 Å². The molecule has 4 rings (SSSR count). The molecule has 0 bridgehead atoms. The maximum absolute atomic E-state index is 12.9. The summed E-state index contributed by atoms with van der Waals surface area (Å²) in [6.45, 7) is 5.27. The molecule has 0 unspecified atom stereocenters. The number of aromatic nitrogens is 1. The molecule has 1 aromatic rings. The Kier molecular flexibility index (Phi) is 6.33. The zero-order valence-corrected chi connectivity index (χ0v) is 17.4. The van der Waals surface area contributed by atoms with Gasteiger partial charge in [-0.15, -0.1) is 0 Å². The van der Waals surface area contributed by atoms with Crippen LogP contribution in [0.4, 0.5) is 0 Å². The van der Waals surface area contributed by atoms with E-state index >= 15 is 0 Å². The van der Waals surface area contributed by atoms with E-state index in [2.05, 4.69) is 14.8 Å². The summed E-state index contributed by atoms with van der Waals surface area (Å²) in [5.41, 5.74) is 0.391. The molecule has 0 N–H and O–H groups in total. The maximum atomic E-state index is 12.9. The number of carbonyl (C=O) groups is 2. The van der Waals surface area contributed by atoms with E-state index in [-0.39, 0.29) is 11.8 Å². The standard InChI is InChI=1S/C22H32N4O3/c1-29-19-7-4-10-23-20(19)22(28)25-14-8-18(9-15-25)26-13-5-6-17(16-26)21(27)24-11-2-3-12-24/h4,7,10,17-18H,2-3,5-6,8-9,11-16H2,1H3/t17-/m0/s1. The fourth-order valence-electron chi connectivity index (χ4n) is 5.04. The molecule has 0 aromatic carbocycles. The van der Waals surface area contributed by atoms with Gasteiger partial charge < -0.3 is 14.5 Å². The van der Waals surface area contributed by atoms with Gasteiger partial charge in [0.1, 0.15) is 5.75 Å². The number of ether oxygens (including phenoxy) is 1. The van der Waals surface area contributed by atoms with E-state index < -0.39 is 0 Å². The summed E-state index contributed by atoms with van der Waals surface area (Å²) in [6, 6.07) is 4.01. The number of methoxy groups -OCH3 is 1. The molecule has 29 heavy (non-hydrogen) atoms. The van der Waals surface area contributed by atoms with Crippen LogP contribution in [0.1, 0.15) is 49.0 Å². The van der Waals surface area contributed by atoms with Crippen molar-refractivity contribution in [1.29, 1.82) is 0 Å². The summed E-state index contributed by atoms with van der Waals surface area (Å²) in [4.78, 5) is 36.4. The first-order chi connectivity index (χ1) is 14.2. The first-order valence-corrected chi connectivity index (χ1v) is 11.0. The number of pyridine rings is 1. The van der Waals surface area contributed by atoms with Crippen molar-refractivity contribution in [3.8, 4) is 5.75 Å². The number of amides is 2. The van der Waals surface area contributed by atoms with Gasteiger partial charge >= 0.3 is 0 Å². The Labute approximate surface area is 173 Å². The topological polar surface area (TPSA) is 66.0 Å². The quantitative estimate of drug-likeness (QED) is 0.774. The molecule has 0 radical (unpaired) electrons. The van der Waals surface area contributed by atoms with Crippen LogP contribution >= 0.6 is 0 Å². The smallest absolute Gasteiger partial charge is 0.276 e. The Balaban J connectivity index is 1.32. The van der Waals surface area contributed by atoms with E-state index in [0.29, 0.717) is 23.4 Å². The number of likely N-dealkylation sites (tertiary alicyclic amines) is 3. The average molecular weight is 401 g/mol. The summed E-state index contributed by atoms with van der Waals surface area (Å²) in [5, 5.41) is 0. The third-order valence-electron chi connectivity index (χ3n) is 6.68. The minimum atomic E-state index is -0.0540. The first kappa shape index (κ1) is 20.1. The number of nitrogens with zero attached hydrogens (tertiary/aromatic N) is 4. The van der Waals surface area contributed by atoms with E-state index in [1.54, 1.807) is 25.4 Å². The molecule has 3 aliphatic rings. The first-order valence-electron chi connectivity index (χ1n) is 11.0. The van der Waals surface area contributed by atoms with Gasteiger partial charge in [0.15, 0.2) is 5.69 Å². The molecule has 1 atom stereocenters. The highest BCUT2D eigenvalue weighted by molar-refractivity contribution is 5.95. The lowest BCUT2D eigenvalue weighted by molar-refractivity contribution is -0.136.